The molecule has 2 aromatic carbocycles. The molecule has 0 N–H and O–H groups in total. The van der Waals surface area contributed by atoms with Gasteiger partial charge in [0.15, 0.2) is 0 Å². The zero-order chi connectivity index (χ0) is 22.5. The van der Waals surface area contributed by atoms with Gasteiger partial charge in [0.05, 0.1) is 12.4 Å². The fourth-order valence-electron chi connectivity index (χ4n) is 3.93. The molecule has 6 nitrogen and oxygen atoms in total. The van der Waals surface area contributed by atoms with Crippen molar-refractivity contribution in [3.63, 3.8) is 0 Å². The Hall–Kier alpha value is -2.93. The van der Waals surface area contributed by atoms with Crippen molar-refractivity contribution in [3.8, 4) is 0 Å². The number of aromatic nitrogens is 1. The van der Waals surface area contributed by atoms with Gasteiger partial charge >= 0.3 is 6.09 Å². The van der Waals surface area contributed by atoms with E-state index in [9.17, 15) is 9.59 Å². The molecule has 1 aliphatic rings. The Kier molecular flexibility index (Phi) is 7.05. The highest BCUT2D eigenvalue weighted by molar-refractivity contribution is 8.00. The summed E-state index contributed by atoms with van der Waals surface area (Å²) < 4.78 is 7.31. The molecule has 0 saturated carbocycles. The van der Waals surface area contributed by atoms with Gasteiger partial charge < -0.3 is 19.1 Å². The number of amides is 2. The lowest BCUT2D eigenvalue weighted by atomic mass is 10.1. The fourth-order valence-corrected chi connectivity index (χ4v) is 4.92. The van der Waals surface area contributed by atoms with Crippen LogP contribution >= 0.6 is 11.8 Å². The van der Waals surface area contributed by atoms with E-state index in [2.05, 4.69) is 60.2 Å². The molecule has 0 aliphatic carbocycles. The Labute approximate surface area is 193 Å². The smallest absolute Gasteiger partial charge is 0.409 e. The van der Waals surface area contributed by atoms with Crippen LogP contribution in [0.4, 0.5) is 4.79 Å². The maximum Gasteiger partial charge on any atom is 0.409 e. The number of ether oxygens (including phenoxy) is 1. The largest absolute Gasteiger partial charge is 0.450 e. The number of benzene rings is 2. The van der Waals surface area contributed by atoms with Crippen molar-refractivity contribution in [2.45, 2.75) is 25.3 Å². The van der Waals surface area contributed by atoms with E-state index >= 15 is 0 Å². The second kappa shape index (κ2) is 10.1. The molecule has 1 fully saturated rings. The van der Waals surface area contributed by atoms with Crippen molar-refractivity contribution in [3.05, 3.63) is 65.9 Å². The molecule has 0 bridgehead atoms. The van der Waals surface area contributed by atoms with Crippen LogP contribution in [0.1, 0.15) is 18.1 Å². The van der Waals surface area contributed by atoms with Crippen molar-refractivity contribution >= 4 is 34.7 Å². The summed E-state index contributed by atoms with van der Waals surface area (Å²) in [7, 11) is 0. The molecule has 2 amide bonds. The maximum atomic E-state index is 12.8. The molecule has 2 heterocycles. The summed E-state index contributed by atoms with van der Waals surface area (Å²) in [5.41, 5.74) is 3.68. The lowest BCUT2D eigenvalue weighted by Crippen LogP contribution is -2.51. The molecule has 7 heteroatoms. The van der Waals surface area contributed by atoms with Gasteiger partial charge in [0, 0.05) is 54.7 Å². The number of carbonyl (C=O) groups excluding carboxylic acids is 2. The molecule has 4 rings (SSSR count). The molecule has 0 unspecified atom stereocenters. The van der Waals surface area contributed by atoms with E-state index in [1.807, 2.05) is 11.0 Å². The minimum absolute atomic E-state index is 0.105. The Balaban J connectivity index is 1.40. The zero-order valence-corrected chi connectivity index (χ0v) is 19.4. The topological polar surface area (TPSA) is 54.8 Å². The third kappa shape index (κ3) is 5.10. The van der Waals surface area contributed by atoms with Crippen molar-refractivity contribution < 1.29 is 14.3 Å². The van der Waals surface area contributed by atoms with E-state index in [4.69, 9.17) is 4.74 Å². The van der Waals surface area contributed by atoms with Crippen LogP contribution in [0.5, 0.6) is 0 Å². The van der Waals surface area contributed by atoms with Gasteiger partial charge in [-0.05, 0) is 25.5 Å². The van der Waals surface area contributed by atoms with E-state index < -0.39 is 0 Å². The van der Waals surface area contributed by atoms with Crippen molar-refractivity contribution in [1.29, 1.82) is 0 Å². The van der Waals surface area contributed by atoms with Gasteiger partial charge in [-0.3, -0.25) is 4.79 Å². The maximum absolute atomic E-state index is 12.8. The number of carbonyl (C=O) groups is 2. The molecule has 168 valence electrons. The third-order valence-corrected chi connectivity index (χ3v) is 6.76. The van der Waals surface area contributed by atoms with E-state index in [1.165, 1.54) is 22.0 Å². The van der Waals surface area contributed by atoms with Gasteiger partial charge in [-0.2, -0.15) is 0 Å². The van der Waals surface area contributed by atoms with Crippen LogP contribution in [0, 0.1) is 6.92 Å². The van der Waals surface area contributed by atoms with Crippen LogP contribution in [-0.4, -0.2) is 64.9 Å². The van der Waals surface area contributed by atoms with Gasteiger partial charge in [-0.25, -0.2) is 4.79 Å². The van der Waals surface area contributed by atoms with Crippen molar-refractivity contribution in [1.82, 2.24) is 14.4 Å². The first-order valence-electron chi connectivity index (χ1n) is 11.0. The van der Waals surface area contributed by atoms with Gasteiger partial charge in [0.2, 0.25) is 5.91 Å². The summed E-state index contributed by atoms with van der Waals surface area (Å²) in [6.07, 6.45) is 1.86. The Bertz CT molecular complexity index is 1090. The van der Waals surface area contributed by atoms with E-state index in [0.717, 1.165) is 11.4 Å². The summed E-state index contributed by atoms with van der Waals surface area (Å²) in [5.74, 6) is 0.492. The van der Waals surface area contributed by atoms with Crippen LogP contribution in [-0.2, 0) is 16.1 Å². The summed E-state index contributed by atoms with van der Waals surface area (Å²) in [6.45, 7) is 7.19. The summed E-state index contributed by atoms with van der Waals surface area (Å²) in [4.78, 5) is 29.3. The molecule has 1 aromatic heterocycles. The molecule has 0 spiro atoms. The van der Waals surface area contributed by atoms with Gasteiger partial charge in [-0.1, -0.05) is 48.0 Å². The highest BCUT2D eigenvalue weighted by Crippen LogP contribution is 2.31. The van der Waals surface area contributed by atoms with Crippen LogP contribution in [0.2, 0.25) is 0 Å². The summed E-state index contributed by atoms with van der Waals surface area (Å²) >= 11 is 1.58. The summed E-state index contributed by atoms with van der Waals surface area (Å²) in [6, 6.07) is 16.9. The first-order chi connectivity index (χ1) is 15.5. The first kappa shape index (κ1) is 22.3. The number of piperazine rings is 1. The van der Waals surface area contributed by atoms with E-state index in [1.54, 1.807) is 23.6 Å². The highest BCUT2D eigenvalue weighted by Gasteiger charge is 2.25. The molecule has 32 heavy (non-hydrogen) atoms. The van der Waals surface area contributed by atoms with Crippen LogP contribution in [0.25, 0.3) is 10.9 Å². The number of hydrogen-bond donors (Lipinski definition) is 0. The average molecular weight is 452 g/mol. The molecule has 1 aliphatic heterocycles. The quantitative estimate of drug-likeness (QED) is 0.522. The van der Waals surface area contributed by atoms with Crippen LogP contribution in [0.15, 0.2) is 59.6 Å². The Morgan fingerprint density at radius 2 is 1.66 bits per heavy atom. The normalized spacial score (nSPS) is 14.1. The first-order valence-corrected chi connectivity index (χ1v) is 12.0. The van der Waals surface area contributed by atoms with E-state index in [0.29, 0.717) is 38.5 Å². The molecular formula is C25H29N3O3S. The second-order valence-corrected chi connectivity index (χ2v) is 9.00. The van der Waals surface area contributed by atoms with Crippen molar-refractivity contribution in [2.75, 3.05) is 38.5 Å². The minimum atomic E-state index is -0.296. The van der Waals surface area contributed by atoms with Gasteiger partial charge in [0.1, 0.15) is 0 Å². The lowest BCUT2D eigenvalue weighted by molar-refractivity contribution is -0.129. The minimum Gasteiger partial charge on any atom is -0.450 e. The number of thioether (sulfide) groups is 1. The van der Waals surface area contributed by atoms with Crippen molar-refractivity contribution in [2.24, 2.45) is 0 Å². The standard InChI is InChI=1S/C25H29N3O3S/c1-3-31-25(30)27-14-12-26(13-15-27)24(29)18-32-23-17-28(22-7-5-4-6-21(22)23)16-20-10-8-19(2)9-11-20/h4-11,17H,3,12-16,18H2,1-2H3. The van der Waals surface area contributed by atoms with Gasteiger partial charge in [-0.15, -0.1) is 11.8 Å². The Morgan fingerprint density at radius 1 is 0.969 bits per heavy atom. The number of aryl methyl sites for hydroxylation is 1. The highest BCUT2D eigenvalue weighted by atomic mass is 32.2. The number of nitrogens with zero attached hydrogens (tertiary/aromatic N) is 3. The van der Waals surface area contributed by atoms with Crippen LogP contribution < -0.4 is 0 Å². The molecule has 0 radical (unpaired) electrons. The third-order valence-electron chi connectivity index (χ3n) is 5.74. The Morgan fingerprint density at radius 3 is 2.38 bits per heavy atom. The predicted octanol–water partition coefficient (Wildman–Crippen LogP) is 4.39. The predicted molar refractivity (Wildman–Crippen MR) is 128 cm³/mol. The number of fused-ring (bicyclic) bond motifs is 1. The SMILES string of the molecule is CCOC(=O)N1CCN(C(=O)CSc2cn(Cc3ccc(C)cc3)c3ccccc23)CC1. The number of hydrogen-bond acceptors (Lipinski definition) is 4. The molecule has 1 saturated heterocycles. The zero-order valence-electron chi connectivity index (χ0n) is 18.6. The van der Waals surface area contributed by atoms with Crippen LogP contribution in [0.3, 0.4) is 0 Å². The summed E-state index contributed by atoms with van der Waals surface area (Å²) in [5, 5.41) is 1.17. The molecule has 3 aromatic rings. The lowest BCUT2D eigenvalue weighted by Gasteiger charge is -2.34. The monoisotopic (exact) mass is 451 g/mol. The average Bonchev–Trinajstić information content (AvgIpc) is 3.16. The molecule has 0 atom stereocenters. The number of para-hydroxylation sites is 1. The van der Waals surface area contributed by atoms with E-state index in [-0.39, 0.29) is 12.0 Å². The number of rotatable bonds is 6. The fraction of sp³-hybridized carbons (Fsp3) is 0.360. The second-order valence-electron chi connectivity index (χ2n) is 7.98. The van der Waals surface area contributed by atoms with Gasteiger partial charge in [0.25, 0.3) is 0 Å². The molecular weight excluding hydrogens is 422 g/mol.